The predicted octanol–water partition coefficient (Wildman–Crippen LogP) is 1.22. The van der Waals surface area contributed by atoms with Crippen molar-refractivity contribution >= 4 is 15.5 Å². The van der Waals surface area contributed by atoms with E-state index in [0.29, 0.717) is 0 Å². The molecule has 0 unspecified atom stereocenters. The van der Waals surface area contributed by atoms with Crippen molar-refractivity contribution in [3.63, 3.8) is 0 Å². The molecule has 19 heavy (non-hydrogen) atoms. The Morgan fingerprint density at radius 1 is 1.26 bits per heavy atom. The van der Waals surface area contributed by atoms with E-state index in [1.54, 1.807) is 12.3 Å². The van der Waals surface area contributed by atoms with Gasteiger partial charge in [0.1, 0.15) is 16.5 Å². The first-order chi connectivity index (χ1) is 8.90. The lowest BCUT2D eigenvalue weighted by Crippen LogP contribution is -2.16. The van der Waals surface area contributed by atoms with Crippen LogP contribution in [-0.4, -0.2) is 24.0 Å². The summed E-state index contributed by atoms with van der Waals surface area (Å²) < 4.78 is 52.3. The van der Waals surface area contributed by atoms with Crippen LogP contribution in [-0.2, 0) is 16.4 Å². The van der Waals surface area contributed by atoms with Crippen LogP contribution in [0.1, 0.15) is 0 Å². The van der Waals surface area contributed by atoms with E-state index in [-0.39, 0.29) is 12.2 Å². The molecule has 102 valence electrons. The summed E-state index contributed by atoms with van der Waals surface area (Å²) in [4.78, 5) is -0.950. The van der Waals surface area contributed by atoms with Gasteiger partial charge in [-0.3, -0.25) is 4.68 Å². The minimum Gasteiger partial charge on any atom is -0.399 e. The zero-order valence-electron chi connectivity index (χ0n) is 9.75. The van der Waals surface area contributed by atoms with Gasteiger partial charge in [0.2, 0.25) is 0 Å². The molecular weight excluding hydrogens is 276 g/mol. The number of aromatic nitrogens is 2. The molecule has 0 saturated carbocycles. The molecule has 0 aliphatic rings. The molecule has 0 fully saturated rings. The van der Waals surface area contributed by atoms with E-state index in [0.717, 1.165) is 12.1 Å². The molecule has 0 aliphatic heterocycles. The predicted molar refractivity (Wildman–Crippen MR) is 65.1 cm³/mol. The minimum absolute atomic E-state index is 0.0125. The van der Waals surface area contributed by atoms with E-state index in [2.05, 4.69) is 5.10 Å². The van der Waals surface area contributed by atoms with Crippen molar-refractivity contribution in [3.8, 4) is 0 Å². The zero-order valence-corrected chi connectivity index (χ0v) is 10.6. The second-order valence-electron chi connectivity index (χ2n) is 3.90. The molecule has 0 atom stereocenters. The molecule has 0 saturated heterocycles. The van der Waals surface area contributed by atoms with Crippen LogP contribution in [0.3, 0.4) is 0 Å². The molecule has 2 N–H and O–H groups in total. The molecule has 1 aromatic carbocycles. The summed E-state index contributed by atoms with van der Waals surface area (Å²) in [5.41, 5.74) is 5.07. The second-order valence-corrected chi connectivity index (χ2v) is 5.95. The number of aryl methyl sites for hydroxylation is 1. The highest BCUT2D eigenvalue weighted by molar-refractivity contribution is 7.91. The van der Waals surface area contributed by atoms with Crippen molar-refractivity contribution in [2.24, 2.45) is 0 Å². The Kier molecular flexibility index (Phi) is 3.52. The molecule has 1 aromatic heterocycles. The van der Waals surface area contributed by atoms with Crippen LogP contribution in [0, 0.1) is 11.6 Å². The topological polar surface area (TPSA) is 78.0 Å². The summed E-state index contributed by atoms with van der Waals surface area (Å²) in [6.07, 6.45) is 3.04. The average Bonchev–Trinajstić information content (AvgIpc) is 2.77. The lowest BCUT2D eigenvalue weighted by Gasteiger charge is -2.08. The van der Waals surface area contributed by atoms with Crippen LogP contribution < -0.4 is 5.73 Å². The summed E-state index contributed by atoms with van der Waals surface area (Å²) in [7, 11) is -4.08. The fourth-order valence-electron chi connectivity index (χ4n) is 1.63. The van der Waals surface area contributed by atoms with E-state index in [1.165, 1.54) is 10.9 Å². The smallest absolute Gasteiger partial charge is 0.186 e. The highest BCUT2D eigenvalue weighted by atomic mass is 32.2. The van der Waals surface area contributed by atoms with Crippen molar-refractivity contribution in [1.29, 1.82) is 0 Å². The minimum atomic E-state index is -4.08. The van der Waals surface area contributed by atoms with E-state index in [9.17, 15) is 17.2 Å². The lowest BCUT2D eigenvalue weighted by atomic mass is 10.3. The first-order valence-electron chi connectivity index (χ1n) is 5.35. The van der Waals surface area contributed by atoms with E-state index < -0.39 is 32.1 Å². The molecule has 0 spiro atoms. The summed E-state index contributed by atoms with van der Waals surface area (Å²) in [6.45, 7) is 0.0125. The fraction of sp³-hybridized carbons (Fsp3) is 0.182. The highest BCUT2D eigenvalue weighted by Crippen LogP contribution is 2.22. The summed E-state index contributed by atoms with van der Waals surface area (Å²) >= 11 is 0. The molecule has 0 aliphatic carbocycles. The Balaban J connectivity index is 2.29. The van der Waals surface area contributed by atoms with Crippen LogP contribution in [0.2, 0.25) is 0 Å². The molecule has 0 amide bonds. The number of halogens is 2. The number of rotatable bonds is 4. The van der Waals surface area contributed by atoms with Gasteiger partial charge in [0.05, 0.1) is 12.3 Å². The Labute approximate surface area is 108 Å². The van der Waals surface area contributed by atoms with Crippen molar-refractivity contribution in [3.05, 3.63) is 42.2 Å². The number of nitrogens with two attached hydrogens (primary N) is 1. The molecule has 0 bridgehead atoms. The fourth-order valence-corrected chi connectivity index (χ4v) is 2.97. The van der Waals surface area contributed by atoms with Crippen LogP contribution in [0.25, 0.3) is 0 Å². The van der Waals surface area contributed by atoms with Crippen LogP contribution in [0.4, 0.5) is 14.5 Å². The molecule has 5 nitrogen and oxygen atoms in total. The van der Waals surface area contributed by atoms with E-state index >= 15 is 0 Å². The molecular formula is C11H11F2N3O2S. The lowest BCUT2D eigenvalue weighted by molar-refractivity contribution is 0.517. The molecule has 1 heterocycles. The van der Waals surface area contributed by atoms with Crippen molar-refractivity contribution in [2.75, 3.05) is 11.5 Å². The number of hydrogen-bond donors (Lipinski definition) is 1. The summed E-state index contributed by atoms with van der Waals surface area (Å²) in [5.74, 6) is -2.82. The Hall–Kier alpha value is -1.96. The third kappa shape index (κ3) is 2.90. The second kappa shape index (κ2) is 4.96. The van der Waals surface area contributed by atoms with Crippen LogP contribution in [0.15, 0.2) is 35.5 Å². The standard InChI is InChI=1S/C11H11F2N3O2S/c12-9-6-8(14)7-10(13)11(9)19(17,18)5-4-16-3-1-2-15-16/h1-3,6-7H,4-5,14H2. The van der Waals surface area contributed by atoms with Gasteiger partial charge in [-0.15, -0.1) is 0 Å². The molecule has 2 rings (SSSR count). The maximum atomic E-state index is 13.6. The maximum absolute atomic E-state index is 13.6. The van der Waals surface area contributed by atoms with Crippen LogP contribution >= 0.6 is 0 Å². The number of nitrogens with zero attached hydrogens (tertiary/aromatic N) is 2. The van der Waals surface area contributed by atoms with E-state index in [4.69, 9.17) is 5.73 Å². The zero-order chi connectivity index (χ0) is 14.0. The van der Waals surface area contributed by atoms with Gasteiger partial charge < -0.3 is 5.73 Å². The normalized spacial score (nSPS) is 11.7. The number of benzene rings is 1. The molecule has 8 heteroatoms. The summed E-state index contributed by atoms with van der Waals surface area (Å²) in [6, 6.07) is 3.19. The maximum Gasteiger partial charge on any atom is 0.186 e. The van der Waals surface area contributed by atoms with Crippen molar-refractivity contribution in [2.45, 2.75) is 11.4 Å². The Morgan fingerprint density at radius 3 is 2.42 bits per heavy atom. The Morgan fingerprint density at radius 2 is 1.89 bits per heavy atom. The van der Waals surface area contributed by atoms with Crippen LogP contribution in [0.5, 0.6) is 0 Å². The monoisotopic (exact) mass is 287 g/mol. The number of nitrogen functional groups attached to an aromatic ring is 1. The summed E-state index contributed by atoms with van der Waals surface area (Å²) in [5, 5.41) is 3.82. The van der Waals surface area contributed by atoms with E-state index in [1.807, 2.05) is 0 Å². The van der Waals surface area contributed by atoms with Gasteiger partial charge in [-0.1, -0.05) is 0 Å². The number of sulfone groups is 1. The van der Waals surface area contributed by atoms with Gasteiger partial charge in [0.15, 0.2) is 9.84 Å². The van der Waals surface area contributed by atoms with Gasteiger partial charge in [0.25, 0.3) is 0 Å². The van der Waals surface area contributed by atoms with Gasteiger partial charge in [-0.2, -0.15) is 5.10 Å². The quantitative estimate of drug-likeness (QED) is 0.858. The van der Waals surface area contributed by atoms with Gasteiger partial charge in [0, 0.05) is 18.1 Å². The molecule has 2 aromatic rings. The first kappa shape index (κ1) is 13.5. The number of hydrogen-bond acceptors (Lipinski definition) is 4. The first-order valence-corrected chi connectivity index (χ1v) is 7.00. The SMILES string of the molecule is Nc1cc(F)c(S(=O)(=O)CCn2cccn2)c(F)c1. The van der Waals surface area contributed by atoms with Gasteiger partial charge in [-0.05, 0) is 18.2 Å². The molecule has 0 radical (unpaired) electrons. The van der Waals surface area contributed by atoms with Crippen molar-refractivity contribution < 1.29 is 17.2 Å². The van der Waals surface area contributed by atoms with Crippen molar-refractivity contribution in [1.82, 2.24) is 9.78 Å². The van der Waals surface area contributed by atoms with Gasteiger partial charge >= 0.3 is 0 Å². The Bertz CT molecular complexity index is 661. The third-order valence-electron chi connectivity index (χ3n) is 2.48. The highest BCUT2D eigenvalue weighted by Gasteiger charge is 2.24. The van der Waals surface area contributed by atoms with Gasteiger partial charge in [-0.25, -0.2) is 17.2 Å². The third-order valence-corrected chi connectivity index (χ3v) is 4.21. The number of anilines is 1. The average molecular weight is 287 g/mol. The largest absolute Gasteiger partial charge is 0.399 e.